The Hall–Kier alpha value is -2.06. The maximum Gasteiger partial charge on any atom is 0.429 e. The molecule has 0 atom stereocenters. The number of fused-ring (bicyclic) bond motifs is 1. The highest BCUT2D eigenvalue weighted by molar-refractivity contribution is 5.85. The average Bonchev–Trinajstić information content (AvgIpc) is 2.56. The molecule has 0 aliphatic rings. The molecule has 0 spiro atoms. The molecular formula is C21H22F6O2. The van der Waals surface area contributed by atoms with Gasteiger partial charge in [-0.2, -0.15) is 26.3 Å². The molecule has 0 aliphatic carbocycles. The van der Waals surface area contributed by atoms with E-state index in [0.717, 1.165) is 16.3 Å². The molecule has 0 aliphatic heterocycles. The first-order valence-electron chi connectivity index (χ1n) is 8.69. The van der Waals surface area contributed by atoms with Crippen molar-refractivity contribution in [2.45, 2.75) is 56.9 Å². The van der Waals surface area contributed by atoms with Crippen molar-refractivity contribution >= 4 is 16.8 Å². The lowest BCUT2D eigenvalue weighted by atomic mass is 9.82. The van der Waals surface area contributed by atoms with Gasteiger partial charge >= 0.3 is 12.4 Å². The van der Waals surface area contributed by atoms with E-state index in [4.69, 9.17) is 4.74 Å². The first-order chi connectivity index (χ1) is 13.0. The van der Waals surface area contributed by atoms with Gasteiger partial charge in [-0.15, -0.1) is 0 Å². The van der Waals surface area contributed by atoms with Gasteiger partial charge in [-0.05, 0) is 61.7 Å². The van der Waals surface area contributed by atoms with Crippen LogP contribution in [0.2, 0.25) is 0 Å². The van der Waals surface area contributed by atoms with Crippen molar-refractivity contribution in [2.75, 3.05) is 0 Å². The fourth-order valence-corrected chi connectivity index (χ4v) is 3.38. The molecule has 0 amide bonds. The molecule has 2 rings (SSSR count). The van der Waals surface area contributed by atoms with Crippen molar-refractivity contribution in [1.82, 2.24) is 0 Å². The summed E-state index contributed by atoms with van der Waals surface area (Å²) in [6.45, 7) is 7.51. The molecule has 0 unspecified atom stereocenters. The molecule has 1 N–H and O–H groups in total. The van der Waals surface area contributed by atoms with E-state index < -0.39 is 29.2 Å². The number of halogens is 6. The molecule has 0 bridgehead atoms. The number of alkyl halides is 6. The summed E-state index contributed by atoms with van der Waals surface area (Å²) >= 11 is 0. The van der Waals surface area contributed by atoms with Gasteiger partial charge in [0, 0.05) is 0 Å². The molecule has 0 fully saturated rings. The number of hydrogen-bond donors (Lipinski definition) is 1. The van der Waals surface area contributed by atoms with Gasteiger partial charge in [0.2, 0.25) is 0 Å². The third-order valence-electron chi connectivity index (χ3n) is 5.00. The van der Waals surface area contributed by atoms with E-state index in [-0.39, 0.29) is 0 Å². The van der Waals surface area contributed by atoms with Crippen LogP contribution in [0.5, 0.6) is 0 Å². The van der Waals surface area contributed by atoms with Crippen molar-refractivity contribution in [2.24, 2.45) is 0 Å². The van der Waals surface area contributed by atoms with E-state index in [1.54, 1.807) is 30.3 Å². The van der Waals surface area contributed by atoms with E-state index in [1.165, 1.54) is 13.8 Å². The van der Waals surface area contributed by atoms with Crippen LogP contribution in [0.1, 0.15) is 38.8 Å². The minimum Gasteiger partial charge on any atom is -0.371 e. The van der Waals surface area contributed by atoms with Crippen LogP contribution in [-0.2, 0) is 10.3 Å². The van der Waals surface area contributed by atoms with Crippen molar-refractivity contribution in [1.29, 1.82) is 0 Å². The molecular weight excluding hydrogens is 398 g/mol. The average molecular weight is 420 g/mol. The Bertz CT molecular complexity index is 896. The summed E-state index contributed by atoms with van der Waals surface area (Å²) in [5.41, 5.74) is -8.52. The minimum absolute atomic E-state index is 0.353. The lowest BCUT2D eigenvalue weighted by molar-refractivity contribution is -0.420. The van der Waals surface area contributed by atoms with Crippen LogP contribution in [0, 0.1) is 0 Å². The van der Waals surface area contributed by atoms with E-state index in [0.29, 0.717) is 19.4 Å². The Morgan fingerprint density at radius 1 is 0.828 bits per heavy atom. The largest absolute Gasteiger partial charge is 0.429 e. The monoisotopic (exact) mass is 420 g/mol. The lowest BCUT2D eigenvalue weighted by Crippen LogP contribution is -2.70. The fourth-order valence-electron chi connectivity index (χ4n) is 3.38. The van der Waals surface area contributed by atoms with Crippen molar-refractivity contribution in [3.05, 3.63) is 54.1 Å². The predicted octanol–water partition coefficient (Wildman–Crippen LogP) is 6.37. The Morgan fingerprint density at radius 3 is 1.83 bits per heavy atom. The number of ether oxygens (including phenoxy) is 1. The molecule has 2 nitrogen and oxygen atoms in total. The first kappa shape index (κ1) is 23.2. The second-order valence-electron chi connectivity index (χ2n) is 7.85. The van der Waals surface area contributed by atoms with E-state index in [9.17, 15) is 31.4 Å². The van der Waals surface area contributed by atoms with Crippen LogP contribution in [0.3, 0.4) is 0 Å². The van der Waals surface area contributed by atoms with Crippen LogP contribution >= 0.6 is 0 Å². The molecule has 160 valence electrons. The van der Waals surface area contributed by atoms with Crippen LogP contribution in [0.15, 0.2) is 43.0 Å². The van der Waals surface area contributed by atoms with Crippen LogP contribution in [0.4, 0.5) is 26.3 Å². The zero-order chi connectivity index (χ0) is 22.5. The van der Waals surface area contributed by atoms with Gasteiger partial charge in [0.15, 0.2) is 0 Å². The van der Waals surface area contributed by atoms with Crippen LogP contribution in [-0.4, -0.2) is 28.7 Å². The molecule has 29 heavy (non-hydrogen) atoms. The zero-order valence-electron chi connectivity index (χ0n) is 16.4. The summed E-state index contributed by atoms with van der Waals surface area (Å²) in [6.07, 6.45) is -10.4. The summed E-state index contributed by atoms with van der Waals surface area (Å²) < 4.78 is 85.2. The highest BCUT2D eigenvalue weighted by atomic mass is 19.4. The van der Waals surface area contributed by atoms with Crippen molar-refractivity contribution in [3.8, 4) is 0 Å². The second-order valence-corrected chi connectivity index (χ2v) is 7.85. The topological polar surface area (TPSA) is 29.5 Å². The van der Waals surface area contributed by atoms with E-state index >= 15 is 0 Å². The highest BCUT2D eigenvalue weighted by Crippen LogP contribution is 2.52. The number of aliphatic hydroxyl groups is 1. The van der Waals surface area contributed by atoms with Gasteiger partial charge in [0.05, 0.1) is 5.60 Å². The standard InChI is InChI=1S/C21H22F6O2/c1-6-13-7-8-14-9-10-16(12-15(14)11-13)17(2,3)29-18(4,5)19(28,20(22,23)24)21(25,26)27/h6-12,28H,1H2,2-5H3. The van der Waals surface area contributed by atoms with Gasteiger partial charge in [0.25, 0.3) is 5.60 Å². The van der Waals surface area contributed by atoms with Gasteiger partial charge < -0.3 is 9.84 Å². The molecule has 0 saturated carbocycles. The maximum absolute atomic E-state index is 13.3. The zero-order valence-corrected chi connectivity index (χ0v) is 16.4. The van der Waals surface area contributed by atoms with Gasteiger partial charge in [-0.3, -0.25) is 0 Å². The number of hydrogen-bond acceptors (Lipinski definition) is 2. The van der Waals surface area contributed by atoms with Gasteiger partial charge in [-0.1, -0.05) is 36.9 Å². The predicted molar refractivity (Wildman–Crippen MR) is 99.3 cm³/mol. The van der Waals surface area contributed by atoms with E-state index in [1.807, 2.05) is 12.1 Å². The van der Waals surface area contributed by atoms with Crippen LogP contribution in [0.25, 0.3) is 16.8 Å². The second kappa shape index (κ2) is 7.02. The summed E-state index contributed by atoms with van der Waals surface area (Å²) in [6, 6.07) is 10.3. The minimum atomic E-state index is -5.99. The van der Waals surface area contributed by atoms with Gasteiger partial charge in [0.1, 0.15) is 5.60 Å². The number of rotatable bonds is 5. The first-order valence-corrected chi connectivity index (χ1v) is 8.69. The van der Waals surface area contributed by atoms with Crippen molar-refractivity contribution < 1.29 is 36.2 Å². The Balaban J connectivity index is 2.52. The normalized spacial score (nSPS) is 14.3. The van der Waals surface area contributed by atoms with E-state index in [2.05, 4.69) is 6.58 Å². The van der Waals surface area contributed by atoms with Gasteiger partial charge in [-0.25, -0.2) is 0 Å². The van der Waals surface area contributed by atoms with Crippen molar-refractivity contribution in [3.63, 3.8) is 0 Å². The summed E-state index contributed by atoms with van der Waals surface area (Å²) in [7, 11) is 0. The SMILES string of the molecule is C=Cc1ccc2ccc(C(C)(C)OC(C)(C)C(O)(C(F)(F)F)C(F)(F)F)cc2c1. The molecule has 8 heteroatoms. The third kappa shape index (κ3) is 4.00. The molecule has 0 radical (unpaired) electrons. The molecule has 0 heterocycles. The third-order valence-corrected chi connectivity index (χ3v) is 5.00. The fraction of sp³-hybridized carbons (Fsp3) is 0.429. The Labute approximate surface area is 164 Å². The molecule has 2 aromatic rings. The molecule has 2 aromatic carbocycles. The Kier molecular flexibility index (Phi) is 5.62. The highest BCUT2D eigenvalue weighted by Gasteiger charge is 2.78. The lowest BCUT2D eigenvalue weighted by Gasteiger charge is -2.47. The summed E-state index contributed by atoms with van der Waals surface area (Å²) in [4.78, 5) is 0. The number of benzene rings is 2. The quantitative estimate of drug-likeness (QED) is 0.570. The maximum atomic E-state index is 13.3. The molecule has 0 aromatic heterocycles. The summed E-state index contributed by atoms with van der Waals surface area (Å²) in [5, 5.41) is 11.3. The van der Waals surface area contributed by atoms with Crippen LogP contribution < -0.4 is 0 Å². The summed E-state index contributed by atoms with van der Waals surface area (Å²) in [5.74, 6) is 0. The molecule has 0 saturated heterocycles. The smallest absolute Gasteiger partial charge is 0.371 e. The Morgan fingerprint density at radius 2 is 1.34 bits per heavy atom.